The van der Waals surface area contributed by atoms with Crippen LogP contribution in [-0.2, 0) is 14.9 Å². The number of pyridine rings is 1. The topological polar surface area (TPSA) is 76.5 Å². The van der Waals surface area contributed by atoms with E-state index in [0.717, 1.165) is 0 Å². The average molecular weight is 392 g/mol. The third-order valence-electron chi connectivity index (χ3n) is 3.46. The van der Waals surface area contributed by atoms with Crippen LogP contribution in [0.4, 0.5) is 8.78 Å². The summed E-state index contributed by atoms with van der Waals surface area (Å²) in [7, 11) is 0. The molecule has 0 saturated heterocycles. The van der Waals surface area contributed by atoms with Gasteiger partial charge in [-0.15, -0.1) is 0 Å². The van der Waals surface area contributed by atoms with Crippen molar-refractivity contribution in [1.29, 1.82) is 0 Å². The highest BCUT2D eigenvalue weighted by Gasteiger charge is 2.65. The number of carbonyl (C=O) groups excluding carboxylic acids is 1. The van der Waals surface area contributed by atoms with Gasteiger partial charge in [-0.3, -0.25) is 4.79 Å². The molecule has 0 aliphatic heterocycles. The summed E-state index contributed by atoms with van der Waals surface area (Å²) in [5.41, 5.74) is -3.12. The monoisotopic (exact) mass is 391 g/mol. The van der Waals surface area contributed by atoms with E-state index in [0.29, 0.717) is 0 Å². The van der Waals surface area contributed by atoms with Gasteiger partial charge in [-0.25, -0.2) is 18.6 Å². The van der Waals surface area contributed by atoms with Crippen LogP contribution >= 0.6 is 15.9 Å². The van der Waals surface area contributed by atoms with Crippen molar-refractivity contribution in [3.05, 3.63) is 28.0 Å². The van der Waals surface area contributed by atoms with Gasteiger partial charge < -0.3 is 9.84 Å². The molecule has 1 aromatic heterocycles. The second kappa shape index (κ2) is 5.51. The molecule has 0 unspecified atom stereocenters. The lowest BCUT2D eigenvalue weighted by molar-refractivity contribution is -0.190. The standard InChI is InChI=1S/C15H16BrF2NO4/c1-13(2,3)23-12(22)14(6-15(17,18)7-14)10-8(11(20)21)4-5-9(16)19-10/h4-5H,6-7H2,1-3H3,(H,20,21). The predicted molar refractivity (Wildman–Crippen MR) is 80.6 cm³/mol. The Bertz CT molecular complexity index is 662. The zero-order chi connectivity index (χ0) is 17.6. The second-order valence-corrected chi connectivity index (χ2v) is 7.44. The summed E-state index contributed by atoms with van der Waals surface area (Å²) >= 11 is 3.09. The highest BCUT2D eigenvalue weighted by Crippen LogP contribution is 2.54. The van der Waals surface area contributed by atoms with Gasteiger partial charge in [-0.1, -0.05) is 0 Å². The normalized spacial score (nSPS) is 18.9. The molecular weight excluding hydrogens is 376 g/mol. The number of hydrogen-bond donors (Lipinski definition) is 1. The van der Waals surface area contributed by atoms with Gasteiger partial charge >= 0.3 is 11.9 Å². The van der Waals surface area contributed by atoms with Gasteiger partial charge in [0.25, 0.3) is 5.92 Å². The number of aromatic carboxylic acids is 1. The maximum absolute atomic E-state index is 13.6. The van der Waals surface area contributed by atoms with Gasteiger partial charge in [-0.2, -0.15) is 0 Å². The van der Waals surface area contributed by atoms with Crippen molar-refractivity contribution in [3.63, 3.8) is 0 Å². The minimum atomic E-state index is -3.06. The number of carbonyl (C=O) groups is 2. The molecule has 0 amide bonds. The first-order valence-corrected chi connectivity index (χ1v) is 7.67. The third kappa shape index (κ3) is 3.52. The second-order valence-electron chi connectivity index (χ2n) is 6.63. The van der Waals surface area contributed by atoms with Crippen molar-refractivity contribution in [2.24, 2.45) is 0 Å². The number of alkyl halides is 2. The van der Waals surface area contributed by atoms with Gasteiger partial charge in [0, 0.05) is 12.8 Å². The summed E-state index contributed by atoms with van der Waals surface area (Å²) in [6.07, 6.45) is -1.64. The summed E-state index contributed by atoms with van der Waals surface area (Å²) in [4.78, 5) is 27.9. The molecule has 1 N–H and O–H groups in total. The smallest absolute Gasteiger partial charge is 0.337 e. The number of ether oxygens (including phenoxy) is 1. The Morgan fingerprint density at radius 1 is 1.30 bits per heavy atom. The van der Waals surface area contributed by atoms with E-state index in [1.807, 2.05) is 0 Å². The minimum Gasteiger partial charge on any atom is -0.478 e. The quantitative estimate of drug-likeness (QED) is 0.629. The van der Waals surface area contributed by atoms with Gasteiger partial charge in [0.05, 0.1) is 11.3 Å². The molecule has 0 spiro atoms. The fraction of sp³-hybridized carbons (Fsp3) is 0.533. The maximum atomic E-state index is 13.6. The van der Waals surface area contributed by atoms with Gasteiger partial charge in [0.1, 0.15) is 15.6 Å². The van der Waals surface area contributed by atoms with Gasteiger partial charge in [-0.05, 0) is 48.8 Å². The fourth-order valence-corrected chi connectivity index (χ4v) is 2.90. The van der Waals surface area contributed by atoms with Crippen molar-refractivity contribution < 1.29 is 28.2 Å². The molecule has 1 saturated carbocycles. The lowest BCUT2D eigenvalue weighted by Gasteiger charge is -2.45. The Hall–Kier alpha value is -1.57. The lowest BCUT2D eigenvalue weighted by atomic mass is 9.62. The van der Waals surface area contributed by atoms with Crippen molar-refractivity contribution in [3.8, 4) is 0 Å². The molecule has 0 atom stereocenters. The molecule has 0 radical (unpaired) electrons. The van der Waals surface area contributed by atoms with Crippen molar-refractivity contribution >= 4 is 27.9 Å². The van der Waals surface area contributed by atoms with Crippen LogP contribution in [0.15, 0.2) is 16.7 Å². The van der Waals surface area contributed by atoms with E-state index >= 15 is 0 Å². The maximum Gasteiger partial charge on any atom is 0.337 e. The molecule has 1 heterocycles. The number of aromatic nitrogens is 1. The fourth-order valence-electron chi connectivity index (χ4n) is 2.59. The molecule has 1 aromatic rings. The van der Waals surface area contributed by atoms with Gasteiger partial charge in [0.15, 0.2) is 0 Å². The number of carboxylic acids is 1. The summed E-state index contributed by atoms with van der Waals surface area (Å²) in [6, 6.07) is 2.61. The first kappa shape index (κ1) is 17.8. The van der Waals surface area contributed by atoms with Crippen LogP contribution in [0.5, 0.6) is 0 Å². The van der Waals surface area contributed by atoms with E-state index in [4.69, 9.17) is 4.74 Å². The summed E-state index contributed by atoms with van der Waals surface area (Å²) in [5, 5.41) is 9.29. The Kier molecular flexibility index (Phi) is 4.26. The SMILES string of the molecule is CC(C)(C)OC(=O)C1(c2nc(Br)ccc2C(=O)O)CC(F)(F)C1. The van der Waals surface area contributed by atoms with Crippen LogP contribution in [0.1, 0.15) is 49.7 Å². The minimum absolute atomic E-state index is 0.195. The van der Waals surface area contributed by atoms with Crippen LogP contribution in [0.25, 0.3) is 0 Å². The number of rotatable bonds is 3. The number of carboxylic acid groups (broad SMARTS) is 1. The van der Waals surface area contributed by atoms with Crippen molar-refractivity contribution in [2.75, 3.05) is 0 Å². The van der Waals surface area contributed by atoms with E-state index in [9.17, 15) is 23.5 Å². The van der Waals surface area contributed by atoms with Crippen LogP contribution < -0.4 is 0 Å². The Labute approximate surface area is 140 Å². The van der Waals surface area contributed by atoms with Crippen LogP contribution in [-0.4, -0.2) is 33.6 Å². The lowest BCUT2D eigenvalue weighted by Crippen LogP contribution is -2.57. The zero-order valence-electron chi connectivity index (χ0n) is 12.8. The van der Waals surface area contributed by atoms with E-state index in [1.165, 1.54) is 12.1 Å². The summed E-state index contributed by atoms with van der Waals surface area (Å²) in [6.45, 7) is 4.84. The molecule has 5 nitrogen and oxygen atoms in total. The average Bonchev–Trinajstić information content (AvgIpc) is 2.32. The molecule has 23 heavy (non-hydrogen) atoms. The van der Waals surface area contributed by atoms with Crippen LogP contribution in [0.3, 0.4) is 0 Å². The molecule has 1 aliphatic rings. The Balaban J connectivity index is 2.55. The highest BCUT2D eigenvalue weighted by molar-refractivity contribution is 9.10. The Morgan fingerprint density at radius 2 is 1.87 bits per heavy atom. The van der Waals surface area contributed by atoms with Crippen LogP contribution in [0.2, 0.25) is 0 Å². The van der Waals surface area contributed by atoms with E-state index in [2.05, 4.69) is 20.9 Å². The third-order valence-corrected chi connectivity index (χ3v) is 3.90. The molecule has 126 valence electrons. The molecule has 2 rings (SSSR count). The van der Waals surface area contributed by atoms with Crippen molar-refractivity contribution in [1.82, 2.24) is 4.98 Å². The summed E-state index contributed by atoms with van der Waals surface area (Å²) in [5.74, 6) is -5.28. The van der Waals surface area contributed by atoms with Crippen molar-refractivity contribution in [2.45, 2.75) is 50.6 Å². The molecule has 0 bridgehead atoms. The highest BCUT2D eigenvalue weighted by atomic mass is 79.9. The molecule has 8 heteroatoms. The summed E-state index contributed by atoms with van der Waals surface area (Å²) < 4.78 is 32.6. The number of nitrogens with zero attached hydrogens (tertiary/aromatic N) is 1. The molecular formula is C15H16BrF2NO4. The van der Waals surface area contributed by atoms with Crippen LogP contribution in [0, 0.1) is 0 Å². The molecule has 1 aliphatic carbocycles. The molecule has 1 fully saturated rings. The van der Waals surface area contributed by atoms with E-state index in [-0.39, 0.29) is 15.9 Å². The molecule has 0 aromatic carbocycles. The van der Waals surface area contributed by atoms with Gasteiger partial charge in [0.2, 0.25) is 0 Å². The first-order chi connectivity index (χ1) is 10.4. The van der Waals surface area contributed by atoms with E-state index < -0.39 is 41.7 Å². The largest absolute Gasteiger partial charge is 0.478 e. The first-order valence-electron chi connectivity index (χ1n) is 6.88. The number of esters is 1. The zero-order valence-corrected chi connectivity index (χ0v) is 14.4. The number of halogens is 3. The Morgan fingerprint density at radius 3 is 2.30 bits per heavy atom. The van der Waals surface area contributed by atoms with E-state index in [1.54, 1.807) is 20.8 Å². The number of hydrogen-bond acceptors (Lipinski definition) is 4. The predicted octanol–water partition coefficient (Wildman–Crippen LogP) is 3.55.